The number of sulfonamides is 1. The zero-order valence-electron chi connectivity index (χ0n) is 14.0. The van der Waals surface area contributed by atoms with E-state index in [4.69, 9.17) is 0 Å². The normalized spacial score (nSPS) is 15.1. The fourth-order valence-electron chi connectivity index (χ4n) is 2.84. The predicted molar refractivity (Wildman–Crippen MR) is 103 cm³/mol. The molecule has 138 valence electrons. The van der Waals surface area contributed by atoms with E-state index in [0.717, 1.165) is 22.9 Å². The van der Waals surface area contributed by atoms with Crippen molar-refractivity contribution in [3.63, 3.8) is 0 Å². The van der Waals surface area contributed by atoms with Crippen LogP contribution in [0.4, 0.5) is 5.69 Å². The average Bonchev–Trinajstić information content (AvgIpc) is 3.14. The molecule has 0 bridgehead atoms. The third kappa shape index (κ3) is 4.25. The Morgan fingerprint density at radius 2 is 1.77 bits per heavy atom. The van der Waals surface area contributed by atoms with Crippen molar-refractivity contribution in [1.29, 1.82) is 0 Å². The SMILES string of the molecule is O=C(Cc1ccc(Br)cc1)Nc1cc(S(=O)(=O)N2CCCC2)ccc1O. The molecule has 8 heteroatoms. The first-order chi connectivity index (χ1) is 12.4. The van der Waals surface area contributed by atoms with Crippen molar-refractivity contribution < 1.29 is 18.3 Å². The van der Waals surface area contributed by atoms with Crippen LogP contribution in [0.2, 0.25) is 0 Å². The molecule has 26 heavy (non-hydrogen) atoms. The van der Waals surface area contributed by atoms with Gasteiger partial charge in [-0.2, -0.15) is 4.31 Å². The van der Waals surface area contributed by atoms with Crippen LogP contribution in [-0.4, -0.2) is 36.8 Å². The molecule has 1 aliphatic heterocycles. The highest BCUT2D eigenvalue weighted by Crippen LogP contribution is 2.29. The maximum atomic E-state index is 12.6. The molecule has 2 aromatic carbocycles. The Labute approximate surface area is 161 Å². The second-order valence-electron chi connectivity index (χ2n) is 6.14. The molecule has 0 aromatic heterocycles. The van der Waals surface area contributed by atoms with Gasteiger partial charge in [-0.25, -0.2) is 8.42 Å². The molecule has 3 rings (SSSR count). The van der Waals surface area contributed by atoms with Gasteiger partial charge >= 0.3 is 0 Å². The van der Waals surface area contributed by atoms with Gasteiger partial charge in [-0.15, -0.1) is 0 Å². The van der Waals surface area contributed by atoms with Gasteiger partial charge in [-0.05, 0) is 48.7 Å². The van der Waals surface area contributed by atoms with Crippen molar-refractivity contribution in [2.24, 2.45) is 0 Å². The minimum atomic E-state index is -3.61. The lowest BCUT2D eigenvalue weighted by Gasteiger charge is -2.16. The van der Waals surface area contributed by atoms with Crippen LogP contribution in [-0.2, 0) is 21.2 Å². The second-order valence-corrected chi connectivity index (χ2v) is 9.00. The first-order valence-electron chi connectivity index (χ1n) is 8.24. The molecule has 1 aliphatic rings. The first kappa shape index (κ1) is 18.9. The number of carbonyl (C=O) groups excluding carboxylic acids is 1. The maximum Gasteiger partial charge on any atom is 0.243 e. The Balaban J connectivity index is 1.77. The lowest BCUT2D eigenvalue weighted by molar-refractivity contribution is -0.115. The van der Waals surface area contributed by atoms with Gasteiger partial charge in [0, 0.05) is 17.6 Å². The minimum absolute atomic E-state index is 0.0659. The average molecular weight is 439 g/mol. The standard InChI is InChI=1S/C18H19BrN2O4S/c19-14-5-3-13(4-6-14)11-18(23)20-16-12-15(7-8-17(16)22)26(24,25)21-9-1-2-10-21/h3-8,12,22H,1-2,9-11H2,(H,20,23). The number of nitrogens with one attached hydrogen (secondary N) is 1. The van der Waals surface area contributed by atoms with Crippen molar-refractivity contribution in [1.82, 2.24) is 4.31 Å². The molecule has 0 saturated carbocycles. The summed E-state index contributed by atoms with van der Waals surface area (Å²) in [5, 5.41) is 12.6. The summed E-state index contributed by atoms with van der Waals surface area (Å²) in [5.74, 6) is -0.507. The van der Waals surface area contributed by atoms with E-state index in [1.54, 1.807) is 0 Å². The summed E-state index contributed by atoms with van der Waals surface area (Å²) < 4.78 is 27.6. The topological polar surface area (TPSA) is 86.7 Å². The minimum Gasteiger partial charge on any atom is -0.506 e. The van der Waals surface area contributed by atoms with E-state index in [1.165, 1.54) is 22.5 Å². The molecule has 0 aliphatic carbocycles. The summed E-state index contributed by atoms with van der Waals surface area (Å²) in [7, 11) is -3.61. The van der Waals surface area contributed by atoms with Gasteiger partial charge in [0.05, 0.1) is 17.0 Å². The molecule has 1 saturated heterocycles. The number of benzene rings is 2. The van der Waals surface area contributed by atoms with Crippen molar-refractivity contribution in [2.45, 2.75) is 24.2 Å². The number of hydrogen-bond donors (Lipinski definition) is 2. The quantitative estimate of drug-likeness (QED) is 0.701. The van der Waals surface area contributed by atoms with Gasteiger partial charge in [-0.1, -0.05) is 28.1 Å². The number of amides is 1. The molecular formula is C18H19BrN2O4S. The van der Waals surface area contributed by atoms with Crippen LogP contribution >= 0.6 is 15.9 Å². The van der Waals surface area contributed by atoms with E-state index in [9.17, 15) is 18.3 Å². The summed E-state index contributed by atoms with van der Waals surface area (Å²) in [6.07, 6.45) is 1.80. The Hall–Kier alpha value is -1.90. The molecule has 0 radical (unpaired) electrons. The van der Waals surface area contributed by atoms with Crippen LogP contribution in [0.5, 0.6) is 5.75 Å². The molecule has 1 fully saturated rings. The molecule has 1 amide bonds. The van der Waals surface area contributed by atoms with Crippen molar-refractivity contribution in [3.8, 4) is 5.75 Å². The number of carbonyl (C=O) groups is 1. The third-order valence-electron chi connectivity index (χ3n) is 4.22. The van der Waals surface area contributed by atoms with Crippen molar-refractivity contribution in [3.05, 3.63) is 52.5 Å². The highest BCUT2D eigenvalue weighted by molar-refractivity contribution is 9.10. The molecular weight excluding hydrogens is 420 g/mol. The van der Waals surface area contributed by atoms with Crippen LogP contribution in [0.1, 0.15) is 18.4 Å². The Bertz CT molecular complexity index is 907. The Morgan fingerprint density at radius 3 is 2.42 bits per heavy atom. The van der Waals surface area contributed by atoms with Crippen LogP contribution in [0, 0.1) is 0 Å². The lowest BCUT2D eigenvalue weighted by Crippen LogP contribution is -2.28. The van der Waals surface area contributed by atoms with Crippen LogP contribution in [0.3, 0.4) is 0 Å². The highest BCUT2D eigenvalue weighted by Gasteiger charge is 2.27. The van der Waals surface area contributed by atoms with Crippen molar-refractivity contribution >= 4 is 37.5 Å². The number of aromatic hydroxyl groups is 1. The smallest absolute Gasteiger partial charge is 0.243 e. The first-order valence-corrected chi connectivity index (χ1v) is 10.5. The Kier molecular flexibility index (Phi) is 5.64. The summed E-state index contributed by atoms with van der Waals surface area (Å²) in [6, 6.07) is 11.3. The summed E-state index contributed by atoms with van der Waals surface area (Å²) in [6.45, 7) is 0.989. The predicted octanol–water partition coefficient (Wildman–Crippen LogP) is 3.12. The number of phenolic OH excluding ortho intramolecular Hbond substituents is 1. The molecule has 2 N–H and O–H groups in total. The zero-order chi connectivity index (χ0) is 18.7. The number of halogens is 1. The fraction of sp³-hybridized carbons (Fsp3) is 0.278. The maximum absolute atomic E-state index is 12.6. The molecule has 0 atom stereocenters. The molecule has 6 nitrogen and oxygen atoms in total. The van der Waals surface area contributed by atoms with Gasteiger partial charge < -0.3 is 10.4 Å². The summed E-state index contributed by atoms with van der Waals surface area (Å²) in [4.78, 5) is 12.3. The lowest BCUT2D eigenvalue weighted by atomic mass is 10.1. The van der Waals surface area contributed by atoms with E-state index in [1.807, 2.05) is 24.3 Å². The van der Waals surface area contributed by atoms with E-state index in [2.05, 4.69) is 21.2 Å². The second kappa shape index (κ2) is 7.77. The van der Waals surface area contributed by atoms with E-state index >= 15 is 0 Å². The number of hydrogen-bond acceptors (Lipinski definition) is 4. The Morgan fingerprint density at radius 1 is 1.12 bits per heavy atom. The highest BCUT2D eigenvalue weighted by atomic mass is 79.9. The number of phenols is 1. The molecule has 2 aromatic rings. The van der Waals surface area contributed by atoms with Crippen LogP contribution in [0.15, 0.2) is 51.8 Å². The van der Waals surface area contributed by atoms with E-state index in [-0.39, 0.29) is 28.7 Å². The van der Waals surface area contributed by atoms with Crippen molar-refractivity contribution in [2.75, 3.05) is 18.4 Å². The fourth-order valence-corrected chi connectivity index (χ4v) is 4.64. The van der Waals surface area contributed by atoms with Gasteiger partial charge in [0.2, 0.25) is 15.9 Å². The summed E-state index contributed by atoms with van der Waals surface area (Å²) in [5.41, 5.74) is 0.901. The van der Waals surface area contributed by atoms with Gasteiger partial charge in [0.1, 0.15) is 5.75 Å². The number of rotatable bonds is 5. The zero-order valence-corrected chi connectivity index (χ0v) is 16.4. The van der Waals surface area contributed by atoms with E-state index < -0.39 is 10.0 Å². The number of anilines is 1. The molecule has 0 unspecified atom stereocenters. The number of nitrogens with zero attached hydrogens (tertiary/aromatic N) is 1. The summed E-state index contributed by atoms with van der Waals surface area (Å²) >= 11 is 3.33. The van der Waals surface area contributed by atoms with Crippen LogP contribution in [0.25, 0.3) is 0 Å². The van der Waals surface area contributed by atoms with Gasteiger partial charge in [-0.3, -0.25) is 4.79 Å². The van der Waals surface area contributed by atoms with Crippen LogP contribution < -0.4 is 5.32 Å². The molecule has 1 heterocycles. The van der Waals surface area contributed by atoms with Gasteiger partial charge in [0.25, 0.3) is 0 Å². The molecule has 0 spiro atoms. The van der Waals surface area contributed by atoms with Gasteiger partial charge in [0.15, 0.2) is 0 Å². The van der Waals surface area contributed by atoms with E-state index in [0.29, 0.717) is 13.1 Å². The monoisotopic (exact) mass is 438 g/mol. The largest absolute Gasteiger partial charge is 0.506 e. The third-order valence-corrected chi connectivity index (χ3v) is 6.65.